The maximum Gasteiger partial charge on any atom is 0.323 e. The second-order valence-electron chi connectivity index (χ2n) is 6.25. The summed E-state index contributed by atoms with van der Waals surface area (Å²) in [7, 11) is 1.63. The highest BCUT2D eigenvalue weighted by Crippen LogP contribution is 2.29. The summed E-state index contributed by atoms with van der Waals surface area (Å²) in [5.41, 5.74) is 3.28. The number of rotatable bonds is 5. The smallest absolute Gasteiger partial charge is 0.323 e. The Morgan fingerprint density at radius 1 is 1.40 bits per heavy atom. The molecule has 134 valence electrons. The number of carbonyl (C=O) groups excluding carboxylic acids is 1. The first kappa shape index (κ1) is 17.3. The molecule has 0 aliphatic carbocycles. The van der Waals surface area contributed by atoms with E-state index in [1.165, 1.54) is 0 Å². The lowest BCUT2D eigenvalue weighted by atomic mass is 10.1. The average Bonchev–Trinajstić information content (AvgIpc) is 3.23. The van der Waals surface area contributed by atoms with Gasteiger partial charge in [-0.05, 0) is 38.3 Å². The van der Waals surface area contributed by atoms with Crippen LogP contribution in [-0.4, -0.2) is 35.6 Å². The lowest BCUT2D eigenvalue weighted by molar-refractivity contribution is 0.0940. The first-order chi connectivity index (χ1) is 12.1. The van der Waals surface area contributed by atoms with Gasteiger partial charge in [-0.2, -0.15) is 5.10 Å². The molecule has 1 fully saturated rings. The Labute approximate surface area is 147 Å². The monoisotopic (exact) mass is 344 g/mol. The molecule has 1 unspecified atom stereocenters. The largest absolute Gasteiger partial charge is 0.496 e. The summed E-state index contributed by atoms with van der Waals surface area (Å²) in [6, 6.07) is 3.47. The van der Waals surface area contributed by atoms with Crippen molar-refractivity contribution in [3.8, 4) is 5.75 Å². The zero-order chi connectivity index (χ0) is 17.8. The van der Waals surface area contributed by atoms with Crippen molar-refractivity contribution >= 4 is 17.4 Å². The molecular weight excluding hydrogens is 320 g/mol. The predicted octanol–water partition coefficient (Wildman–Crippen LogP) is 3.33. The molecule has 2 N–H and O–H groups in total. The number of nitrogens with zero attached hydrogens (tertiary/aromatic N) is 2. The van der Waals surface area contributed by atoms with E-state index >= 15 is 0 Å². The van der Waals surface area contributed by atoms with Crippen molar-refractivity contribution in [1.82, 2.24) is 9.78 Å². The topological polar surface area (TPSA) is 77.4 Å². The van der Waals surface area contributed by atoms with Gasteiger partial charge < -0.3 is 20.1 Å². The second-order valence-corrected chi connectivity index (χ2v) is 6.25. The molecule has 0 spiro atoms. The van der Waals surface area contributed by atoms with Crippen LogP contribution in [0.25, 0.3) is 0 Å². The maximum atomic E-state index is 12.2. The quantitative estimate of drug-likeness (QED) is 0.872. The van der Waals surface area contributed by atoms with E-state index in [2.05, 4.69) is 15.7 Å². The third-order valence-corrected chi connectivity index (χ3v) is 4.36. The fourth-order valence-corrected chi connectivity index (χ4v) is 3.09. The van der Waals surface area contributed by atoms with Crippen LogP contribution in [0.4, 0.5) is 16.2 Å². The van der Waals surface area contributed by atoms with Crippen molar-refractivity contribution in [3.63, 3.8) is 0 Å². The molecule has 1 aromatic carbocycles. The number of nitrogens with one attached hydrogen (secondary N) is 2. The Kier molecular flexibility index (Phi) is 5.23. The van der Waals surface area contributed by atoms with Gasteiger partial charge in [-0.1, -0.05) is 6.07 Å². The van der Waals surface area contributed by atoms with Crippen molar-refractivity contribution in [1.29, 1.82) is 0 Å². The third kappa shape index (κ3) is 4.11. The first-order valence-corrected chi connectivity index (χ1v) is 8.43. The van der Waals surface area contributed by atoms with Crippen molar-refractivity contribution < 1.29 is 14.3 Å². The SMILES string of the molecule is COc1c(C)ccc(NC(=O)Nc2cnn(CC3CCCO3)c2)c1C. The van der Waals surface area contributed by atoms with Gasteiger partial charge >= 0.3 is 6.03 Å². The van der Waals surface area contributed by atoms with E-state index < -0.39 is 0 Å². The van der Waals surface area contributed by atoms with E-state index in [9.17, 15) is 4.79 Å². The van der Waals surface area contributed by atoms with Gasteiger partial charge in [-0.3, -0.25) is 4.68 Å². The highest BCUT2D eigenvalue weighted by molar-refractivity contribution is 6.00. The van der Waals surface area contributed by atoms with Crippen LogP contribution < -0.4 is 15.4 Å². The van der Waals surface area contributed by atoms with Gasteiger partial charge in [-0.25, -0.2) is 4.79 Å². The Bertz CT molecular complexity index is 751. The normalized spacial score (nSPS) is 16.7. The zero-order valence-corrected chi connectivity index (χ0v) is 14.8. The van der Waals surface area contributed by atoms with Crippen LogP contribution >= 0.6 is 0 Å². The molecule has 2 aromatic rings. The summed E-state index contributed by atoms with van der Waals surface area (Å²) < 4.78 is 12.8. The number of amides is 2. The average molecular weight is 344 g/mol. The summed E-state index contributed by atoms with van der Waals surface area (Å²) in [5.74, 6) is 0.780. The number of urea groups is 1. The molecule has 7 nitrogen and oxygen atoms in total. The molecular formula is C18H24N4O3. The summed E-state index contributed by atoms with van der Waals surface area (Å²) in [4.78, 5) is 12.2. The highest BCUT2D eigenvalue weighted by atomic mass is 16.5. The molecule has 25 heavy (non-hydrogen) atoms. The Balaban J connectivity index is 1.60. The first-order valence-electron chi connectivity index (χ1n) is 8.43. The number of hydrogen-bond donors (Lipinski definition) is 2. The van der Waals surface area contributed by atoms with Crippen molar-refractivity contribution in [2.45, 2.75) is 39.3 Å². The molecule has 0 saturated carbocycles. The summed E-state index contributed by atoms with van der Waals surface area (Å²) in [6.07, 6.45) is 5.81. The maximum absolute atomic E-state index is 12.2. The van der Waals surface area contributed by atoms with Crippen LogP contribution in [0.1, 0.15) is 24.0 Å². The molecule has 1 saturated heterocycles. The van der Waals surface area contributed by atoms with E-state index in [-0.39, 0.29) is 12.1 Å². The minimum absolute atomic E-state index is 0.212. The van der Waals surface area contributed by atoms with Crippen molar-refractivity contribution in [2.75, 3.05) is 24.4 Å². The number of carbonyl (C=O) groups is 1. The molecule has 1 aromatic heterocycles. The Morgan fingerprint density at radius 2 is 2.24 bits per heavy atom. The highest BCUT2D eigenvalue weighted by Gasteiger charge is 2.17. The van der Waals surface area contributed by atoms with Crippen LogP contribution in [0.3, 0.4) is 0 Å². The van der Waals surface area contributed by atoms with E-state index in [0.717, 1.165) is 36.3 Å². The molecule has 1 aliphatic rings. The van der Waals surface area contributed by atoms with Crippen molar-refractivity contribution in [2.24, 2.45) is 0 Å². The number of benzene rings is 1. The summed E-state index contributed by atoms with van der Waals surface area (Å²) in [6.45, 7) is 5.41. The predicted molar refractivity (Wildman–Crippen MR) is 96.3 cm³/mol. The molecule has 7 heteroatoms. The number of aromatic nitrogens is 2. The molecule has 1 aliphatic heterocycles. The van der Waals surface area contributed by atoms with Crippen LogP contribution in [0, 0.1) is 13.8 Å². The van der Waals surface area contributed by atoms with Gasteiger partial charge in [0.15, 0.2) is 0 Å². The van der Waals surface area contributed by atoms with Crippen LogP contribution in [0.2, 0.25) is 0 Å². The zero-order valence-electron chi connectivity index (χ0n) is 14.8. The third-order valence-electron chi connectivity index (χ3n) is 4.36. The van der Waals surface area contributed by atoms with Gasteiger partial charge in [-0.15, -0.1) is 0 Å². The standard InChI is InChI=1S/C18H24N4O3/c1-12-6-7-16(13(2)17(12)24-3)21-18(23)20-14-9-19-22(10-14)11-15-5-4-8-25-15/h6-7,9-10,15H,4-5,8,11H2,1-3H3,(H2,20,21,23). The summed E-state index contributed by atoms with van der Waals surface area (Å²) >= 11 is 0. The summed E-state index contributed by atoms with van der Waals surface area (Å²) in [5, 5.41) is 9.92. The Morgan fingerprint density at radius 3 is 2.96 bits per heavy atom. The van der Waals surface area contributed by atoms with E-state index in [1.807, 2.05) is 32.2 Å². The molecule has 3 rings (SSSR count). The number of aryl methyl sites for hydroxylation is 1. The van der Waals surface area contributed by atoms with Gasteiger partial charge in [0.1, 0.15) is 5.75 Å². The molecule has 2 amide bonds. The number of anilines is 2. The minimum Gasteiger partial charge on any atom is -0.496 e. The van der Waals surface area contributed by atoms with E-state index in [0.29, 0.717) is 17.9 Å². The van der Waals surface area contributed by atoms with Gasteiger partial charge in [0, 0.05) is 24.1 Å². The van der Waals surface area contributed by atoms with Gasteiger partial charge in [0.2, 0.25) is 0 Å². The van der Waals surface area contributed by atoms with Crippen LogP contribution in [0.15, 0.2) is 24.5 Å². The molecule has 0 radical (unpaired) electrons. The molecule has 1 atom stereocenters. The fourth-order valence-electron chi connectivity index (χ4n) is 3.09. The molecule has 2 heterocycles. The van der Waals surface area contributed by atoms with Gasteiger partial charge in [0.05, 0.1) is 31.6 Å². The second kappa shape index (κ2) is 7.57. The van der Waals surface area contributed by atoms with Crippen LogP contribution in [-0.2, 0) is 11.3 Å². The van der Waals surface area contributed by atoms with Crippen molar-refractivity contribution in [3.05, 3.63) is 35.7 Å². The number of methoxy groups -OCH3 is 1. The van der Waals surface area contributed by atoms with E-state index in [1.54, 1.807) is 18.0 Å². The minimum atomic E-state index is -0.314. The number of hydrogen-bond acceptors (Lipinski definition) is 4. The Hall–Kier alpha value is -2.54. The number of ether oxygens (including phenoxy) is 2. The van der Waals surface area contributed by atoms with E-state index in [4.69, 9.17) is 9.47 Å². The molecule has 0 bridgehead atoms. The van der Waals surface area contributed by atoms with Crippen LogP contribution in [0.5, 0.6) is 5.75 Å². The van der Waals surface area contributed by atoms with Gasteiger partial charge in [0.25, 0.3) is 0 Å². The lowest BCUT2D eigenvalue weighted by Gasteiger charge is -2.14. The fraction of sp³-hybridized carbons (Fsp3) is 0.444. The lowest BCUT2D eigenvalue weighted by Crippen LogP contribution is -2.20.